The number of benzene rings is 2. The summed E-state index contributed by atoms with van der Waals surface area (Å²) in [4.78, 5) is 20.5. The third-order valence-corrected chi connectivity index (χ3v) is 8.52. The van der Waals surface area contributed by atoms with E-state index in [0.29, 0.717) is 42.1 Å². The summed E-state index contributed by atoms with van der Waals surface area (Å²) >= 11 is 1.34. The number of likely N-dealkylation sites (tertiary alicyclic amines) is 1. The maximum absolute atomic E-state index is 12.9. The summed E-state index contributed by atoms with van der Waals surface area (Å²) < 4.78 is 20.9. The number of hydrogen-bond donors (Lipinski definition) is 2. The maximum atomic E-state index is 12.9. The lowest BCUT2D eigenvalue weighted by Crippen LogP contribution is -2.44. The number of carbonyl (C=O) groups excluding carboxylic acids is 1. The van der Waals surface area contributed by atoms with Gasteiger partial charge >= 0.3 is 0 Å². The van der Waals surface area contributed by atoms with Crippen LogP contribution in [0, 0.1) is 0 Å². The van der Waals surface area contributed by atoms with Crippen LogP contribution in [0.3, 0.4) is 0 Å². The number of aliphatic hydroxyl groups is 1. The Bertz CT molecular complexity index is 1220. The van der Waals surface area contributed by atoms with E-state index in [1.54, 1.807) is 46.9 Å². The van der Waals surface area contributed by atoms with Gasteiger partial charge in [-0.05, 0) is 66.8 Å². The molecule has 1 aliphatic rings. The Balaban J connectivity index is 1.23. The zero-order valence-corrected chi connectivity index (χ0v) is 19.4. The Morgan fingerprint density at radius 2 is 1.94 bits per heavy atom. The van der Waals surface area contributed by atoms with Crippen LogP contribution in [-0.2, 0) is 17.0 Å². The molecule has 0 bridgehead atoms. The van der Waals surface area contributed by atoms with Gasteiger partial charge in [0.2, 0.25) is 4.90 Å². The number of nitrogens with zero attached hydrogens (tertiary/aromatic N) is 3. The highest BCUT2D eigenvalue weighted by Crippen LogP contribution is 2.35. The van der Waals surface area contributed by atoms with Crippen LogP contribution in [0.4, 0.5) is 5.69 Å². The summed E-state index contributed by atoms with van der Waals surface area (Å²) in [6.07, 6.45) is 2.67. The first-order valence-electron chi connectivity index (χ1n) is 10.1. The first-order valence-corrected chi connectivity index (χ1v) is 12.9. The first-order chi connectivity index (χ1) is 15.5. The van der Waals surface area contributed by atoms with Gasteiger partial charge in [-0.2, -0.15) is 0 Å². The second-order valence-corrected chi connectivity index (χ2v) is 10.5. The van der Waals surface area contributed by atoms with Crippen molar-refractivity contribution in [3.8, 4) is 0 Å². The molecule has 4 aromatic rings. The number of hydrogen-bond acceptors (Lipinski definition) is 8. The maximum Gasteiger partial charge on any atom is 0.253 e. The van der Waals surface area contributed by atoms with Crippen molar-refractivity contribution < 1.29 is 14.5 Å². The Morgan fingerprint density at radius 1 is 1.16 bits per heavy atom. The molecule has 7 nitrogen and oxygen atoms in total. The van der Waals surface area contributed by atoms with Gasteiger partial charge in [0.05, 0.1) is 20.8 Å². The Morgan fingerprint density at radius 3 is 2.66 bits per heavy atom. The molecule has 1 amide bonds. The van der Waals surface area contributed by atoms with Gasteiger partial charge in [0.15, 0.2) is 0 Å². The zero-order valence-electron chi connectivity index (χ0n) is 16.9. The smallest absolute Gasteiger partial charge is 0.253 e. The van der Waals surface area contributed by atoms with Gasteiger partial charge in [-0.1, -0.05) is 6.07 Å². The third kappa shape index (κ3) is 4.12. The monoisotopic (exact) mass is 484 g/mol. The van der Waals surface area contributed by atoms with Gasteiger partial charge in [-0.3, -0.25) is 4.79 Å². The molecule has 2 aromatic carbocycles. The molecule has 1 fully saturated rings. The molecule has 1 unspecified atom stereocenters. The van der Waals surface area contributed by atoms with Crippen molar-refractivity contribution in [2.75, 3.05) is 17.8 Å². The number of carbonyl (C=O) groups is 1. The van der Waals surface area contributed by atoms with Crippen molar-refractivity contribution in [1.82, 2.24) is 14.3 Å². The molecular weight excluding hydrogens is 464 g/mol. The number of para-hydroxylation sites is 1. The van der Waals surface area contributed by atoms with Crippen LogP contribution in [0.2, 0.25) is 0 Å². The van der Waals surface area contributed by atoms with Gasteiger partial charge in [-0.25, -0.2) is 14.1 Å². The summed E-state index contributed by atoms with van der Waals surface area (Å²) in [6, 6.07) is 14.4. The van der Waals surface area contributed by atoms with E-state index < -0.39 is 17.0 Å². The fraction of sp³-hybridized carbons (Fsp3) is 0.227. The Hall–Kier alpha value is -2.50. The highest BCUT2D eigenvalue weighted by atomic mass is 32.2. The summed E-state index contributed by atoms with van der Waals surface area (Å²) in [5.74, 6) is -0.0729. The van der Waals surface area contributed by atoms with Crippen molar-refractivity contribution in [2.45, 2.75) is 23.3 Å². The van der Waals surface area contributed by atoms with Crippen LogP contribution in [0.15, 0.2) is 65.1 Å². The molecule has 0 spiro atoms. The topological polar surface area (TPSA) is 101 Å². The number of thiazole rings is 1. The molecule has 2 N–H and O–H groups in total. The van der Waals surface area contributed by atoms with Crippen LogP contribution >= 0.6 is 22.9 Å². The first kappa shape index (κ1) is 21.4. The van der Waals surface area contributed by atoms with Crippen LogP contribution in [0.1, 0.15) is 28.1 Å². The van der Waals surface area contributed by atoms with E-state index >= 15 is 0 Å². The van der Waals surface area contributed by atoms with Crippen molar-refractivity contribution in [3.63, 3.8) is 0 Å². The van der Waals surface area contributed by atoms with Gasteiger partial charge in [0.1, 0.15) is 22.5 Å². The number of piperidine rings is 1. The lowest BCUT2D eigenvalue weighted by molar-refractivity contribution is -0.0183. The van der Waals surface area contributed by atoms with Crippen LogP contribution in [0.5, 0.6) is 0 Å². The van der Waals surface area contributed by atoms with Crippen molar-refractivity contribution in [2.24, 2.45) is 0 Å². The molecule has 2 aromatic heterocycles. The molecule has 0 aliphatic carbocycles. The highest BCUT2D eigenvalue weighted by Gasteiger charge is 2.36. The predicted molar refractivity (Wildman–Crippen MR) is 127 cm³/mol. The predicted octanol–water partition coefficient (Wildman–Crippen LogP) is 4.01. The molecule has 3 heterocycles. The largest absolute Gasteiger partial charge is 0.588 e. The van der Waals surface area contributed by atoms with Gasteiger partial charge in [0, 0.05) is 24.8 Å². The van der Waals surface area contributed by atoms with Gasteiger partial charge in [0.25, 0.3) is 5.91 Å². The molecule has 0 saturated carbocycles. The number of nitrogens with one attached hydrogen (secondary N) is 1. The molecule has 1 atom stereocenters. The Kier molecular flexibility index (Phi) is 5.87. The number of fused-ring (bicyclic) bond motifs is 1. The van der Waals surface area contributed by atoms with Gasteiger partial charge in [-0.15, -0.1) is 11.3 Å². The number of amides is 1. The third-order valence-electron chi connectivity index (χ3n) is 5.64. The standard InChI is InChI=1S/C22H20N4O3S3/c27-21(26-12-9-22(28,10-13-26)19-8-11-24-31-19)15-4-6-16(7-5-15)25-32(29)18-3-1-2-17-20(18)23-14-30-17/h1-8,11,14,25,28H,9-10,12-13H2. The van der Waals surface area contributed by atoms with Crippen molar-refractivity contribution in [3.05, 3.63) is 70.7 Å². The fourth-order valence-electron chi connectivity index (χ4n) is 3.82. The number of anilines is 1. The fourth-order valence-corrected chi connectivity index (χ4v) is 6.32. The summed E-state index contributed by atoms with van der Waals surface area (Å²) in [5.41, 5.74) is 2.79. The van der Waals surface area contributed by atoms with Gasteiger partial charge < -0.3 is 14.6 Å². The highest BCUT2D eigenvalue weighted by molar-refractivity contribution is 7.93. The summed E-state index contributed by atoms with van der Waals surface area (Å²) in [5, 5.41) is 10.9. The van der Waals surface area contributed by atoms with E-state index in [-0.39, 0.29) is 5.91 Å². The van der Waals surface area contributed by atoms with Crippen LogP contribution in [0.25, 0.3) is 10.2 Å². The molecule has 1 saturated heterocycles. The summed E-state index contributed by atoms with van der Waals surface area (Å²) in [6.45, 7) is 0.962. The minimum Gasteiger partial charge on any atom is -0.588 e. The average Bonchev–Trinajstić information content (AvgIpc) is 3.52. The quantitative estimate of drug-likeness (QED) is 0.415. The number of aromatic nitrogens is 2. The average molecular weight is 485 g/mol. The summed E-state index contributed by atoms with van der Waals surface area (Å²) in [7, 11) is 0. The van der Waals surface area contributed by atoms with E-state index in [0.717, 1.165) is 15.1 Å². The zero-order chi connectivity index (χ0) is 22.1. The Labute approximate surface area is 196 Å². The minimum atomic E-state index is -1.47. The number of rotatable bonds is 5. The normalized spacial score (nSPS) is 16.8. The van der Waals surface area contributed by atoms with Crippen molar-refractivity contribution >= 4 is 56.0 Å². The van der Waals surface area contributed by atoms with E-state index in [9.17, 15) is 14.5 Å². The van der Waals surface area contributed by atoms with E-state index in [2.05, 4.69) is 14.1 Å². The second-order valence-electron chi connectivity index (χ2n) is 7.60. The molecule has 0 radical (unpaired) electrons. The lowest BCUT2D eigenvalue weighted by Gasteiger charge is -2.37. The molecular formula is C22H20N4O3S3. The van der Waals surface area contributed by atoms with E-state index in [4.69, 9.17) is 0 Å². The molecule has 32 heavy (non-hydrogen) atoms. The molecule has 1 aliphatic heterocycles. The van der Waals surface area contributed by atoms with Crippen molar-refractivity contribution in [1.29, 1.82) is 0 Å². The molecule has 5 rings (SSSR count). The second kappa shape index (κ2) is 8.80. The SMILES string of the molecule is O=C(c1ccc(N[S+]([O-])c2cccc3scnc23)cc1)N1CCC(O)(c2ccns2)CC1. The molecule has 10 heteroatoms. The van der Waals surface area contributed by atoms with E-state index in [1.807, 2.05) is 18.2 Å². The van der Waals surface area contributed by atoms with Crippen LogP contribution in [-0.4, -0.2) is 42.9 Å². The van der Waals surface area contributed by atoms with Crippen LogP contribution < -0.4 is 4.72 Å². The molecule has 164 valence electrons. The minimum absolute atomic E-state index is 0.0729. The lowest BCUT2D eigenvalue weighted by atomic mass is 9.89. The van der Waals surface area contributed by atoms with E-state index in [1.165, 1.54) is 22.9 Å².